The van der Waals surface area contributed by atoms with Crippen molar-refractivity contribution in [2.75, 3.05) is 36.3 Å². The lowest BCUT2D eigenvalue weighted by Gasteiger charge is -2.29. The number of methoxy groups -OCH3 is 1. The Balaban J connectivity index is 1.31. The summed E-state index contributed by atoms with van der Waals surface area (Å²) in [7, 11) is 5.61. The molecule has 10 heteroatoms. The Kier molecular flexibility index (Phi) is 10.2. The molecule has 1 amide bonds. The molecule has 0 unspecified atom stereocenters. The summed E-state index contributed by atoms with van der Waals surface area (Å²) in [4.78, 5) is 36.0. The second kappa shape index (κ2) is 14.6. The number of hydrogen-bond donors (Lipinski definition) is 1. The van der Waals surface area contributed by atoms with Gasteiger partial charge in [-0.25, -0.2) is 9.97 Å². The van der Waals surface area contributed by atoms with Crippen molar-refractivity contribution in [3.8, 4) is 11.6 Å². The maximum Gasteiger partial charge on any atom is 0.231 e. The van der Waals surface area contributed by atoms with Gasteiger partial charge in [-0.15, -0.1) is 0 Å². The molecule has 4 aromatic rings. The van der Waals surface area contributed by atoms with Crippen LogP contribution in [0.1, 0.15) is 54.6 Å². The van der Waals surface area contributed by atoms with Crippen LogP contribution < -0.4 is 24.6 Å². The zero-order chi connectivity index (χ0) is 30.9. The van der Waals surface area contributed by atoms with E-state index in [0.29, 0.717) is 37.3 Å². The zero-order valence-electron chi connectivity index (χ0n) is 26.0. The van der Waals surface area contributed by atoms with Crippen LogP contribution in [0, 0.1) is 12.8 Å². The van der Waals surface area contributed by atoms with Crippen LogP contribution in [0.25, 0.3) is 0 Å². The SMILES string of the molecule is COc1cc(CNc2nc(C)cc(N(Cc3ccc(COc4ccc(N(C)C)cc4)nc3)C(=O)C3CCCCC3)n2)ccn1. The van der Waals surface area contributed by atoms with Crippen molar-refractivity contribution in [3.05, 3.63) is 89.5 Å². The summed E-state index contributed by atoms with van der Waals surface area (Å²) in [5.41, 5.74) is 4.61. The fourth-order valence-electron chi connectivity index (χ4n) is 5.28. The van der Waals surface area contributed by atoms with Crippen LogP contribution in [-0.4, -0.2) is 47.0 Å². The highest BCUT2D eigenvalue weighted by Crippen LogP contribution is 2.29. The lowest BCUT2D eigenvalue weighted by Crippen LogP contribution is -2.37. The highest BCUT2D eigenvalue weighted by molar-refractivity contribution is 5.94. The topological polar surface area (TPSA) is 106 Å². The first-order chi connectivity index (χ1) is 21.4. The number of carbonyl (C=O) groups excluding carboxylic acids is 1. The van der Waals surface area contributed by atoms with Gasteiger partial charge in [-0.05, 0) is 67.3 Å². The molecule has 1 saturated carbocycles. The number of pyridine rings is 2. The van der Waals surface area contributed by atoms with E-state index in [-0.39, 0.29) is 11.8 Å². The summed E-state index contributed by atoms with van der Waals surface area (Å²) in [6.45, 7) is 3.13. The fraction of sp³-hybridized carbons (Fsp3) is 0.382. The van der Waals surface area contributed by atoms with Gasteiger partial charge in [0.1, 0.15) is 18.2 Å². The average Bonchev–Trinajstić information content (AvgIpc) is 3.06. The van der Waals surface area contributed by atoms with E-state index < -0.39 is 0 Å². The Morgan fingerprint density at radius 2 is 1.75 bits per heavy atom. The Labute approximate surface area is 259 Å². The van der Waals surface area contributed by atoms with E-state index >= 15 is 0 Å². The molecule has 0 saturated heterocycles. The maximum absolute atomic E-state index is 13.9. The van der Waals surface area contributed by atoms with E-state index in [2.05, 4.69) is 20.3 Å². The number of ether oxygens (including phenoxy) is 2. The minimum atomic E-state index is -0.0146. The highest BCUT2D eigenvalue weighted by Gasteiger charge is 2.28. The summed E-state index contributed by atoms with van der Waals surface area (Å²) >= 11 is 0. The molecule has 1 aromatic carbocycles. The Morgan fingerprint density at radius 1 is 0.955 bits per heavy atom. The summed E-state index contributed by atoms with van der Waals surface area (Å²) < 4.78 is 11.2. The molecule has 1 aliphatic carbocycles. The van der Waals surface area contributed by atoms with Crippen LogP contribution >= 0.6 is 0 Å². The van der Waals surface area contributed by atoms with Crippen LogP contribution in [0.5, 0.6) is 11.6 Å². The Hall–Kier alpha value is -4.73. The molecule has 1 aliphatic rings. The predicted molar refractivity (Wildman–Crippen MR) is 172 cm³/mol. The predicted octanol–water partition coefficient (Wildman–Crippen LogP) is 5.95. The lowest BCUT2D eigenvalue weighted by atomic mass is 9.88. The van der Waals surface area contributed by atoms with Crippen molar-refractivity contribution in [2.24, 2.45) is 5.92 Å². The molecule has 0 radical (unpaired) electrons. The number of nitrogens with one attached hydrogen (secondary N) is 1. The molecule has 3 heterocycles. The van der Waals surface area contributed by atoms with E-state index in [9.17, 15) is 4.79 Å². The number of aryl methyl sites for hydroxylation is 1. The molecular weight excluding hydrogens is 554 g/mol. The first-order valence-electron chi connectivity index (χ1n) is 15.1. The first kappa shape index (κ1) is 30.7. The van der Waals surface area contributed by atoms with Gasteiger partial charge in [0.25, 0.3) is 0 Å². The number of hydrogen-bond acceptors (Lipinski definition) is 9. The van der Waals surface area contributed by atoms with E-state index in [1.807, 2.05) is 86.7 Å². The molecule has 10 nitrogen and oxygen atoms in total. The smallest absolute Gasteiger partial charge is 0.231 e. The van der Waals surface area contributed by atoms with Crippen LogP contribution in [0.2, 0.25) is 0 Å². The number of aromatic nitrogens is 4. The molecule has 0 spiro atoms. The number of anilines is 3. The van der Waals surface area contributed by atoms with Gasteiger partial charge in [0.15, 0.2) is 0 Å². The van der Waals surface area contributed by atoms with E-state index in [0.717, 1.165) is 59.6 Å². The monoisotopic (exact) mass is 595 g/mol. The number of benzene rings is 1. The van der Waals surface area contributed by atoms with Crippen molar-refractivity contribution >= 4 is 23.4 Å². The maximum atomic E-state index is 13.9. The number of nitrogens with zero attached hydrogens (tertiary/aromatic N) is 6. The van der Waals surface area contributed by atoms with Gasteiger partial charge in [0.2, 0.25) is 17.7 Å². The molecule has 1 N–H and O–H groups in total. The standard InChI is InChI=1S/C34H41N7O3/c1-24-18-31(39-34(38-24)37-20-25-16-17-35-32(19-25)43-4)41(33(42)27-8-6-5-7-9-27)22-26-10-11-28(36-21-26)23-44-30-14-12-29(13-15-30)40(2)3/h10-19,21,27H,5-9,20,22-23H2,1-4H3,(H,37,38,39). The Morgan fingerprint density at radius 3 is 2.45 bits per heavy atom. The summed E-state index contributed by atoms with van der Waals surface area (Å²) in [6, 6.07) is 17.6. The van der Waals surface area contributed by atoms with Crippen LogP contribution in [0.4, 0.5) is 17.5 Å². The summed E-state index contributed by atoms with van der Waals surface area (Å²) in [5.74, 6) is 2.46. The summed E-state index contributed by atoms with van der Waals surface area (Å²) in [6.07, 6.45) is 8.65. The molecule has 0 atom stereocenters. The van der Waals surface area contributed by atoms with Gasteiger partial charge in [-0.1, -0.05) is 25.3 Å². The van der Waals surface area contributed by atoms with Crippen LogP contribution in [-0.2, 0) is 24.5 Å². The van der Waals surface area contributed by atoms with Crippen molar-refractivity contribution in [3.63, 3.8) is 0 Å². The number of amides is 1. The highest BCUT2D eigenvalue weighted by atomic mass is 16.5. The molecule has 1 fully saturated rings. The molecule has 5 rings (SSSR count). The summed E-state index contributed by atoms with van der Waals surface area (Å²) in [5, 5.41) is 3.30. The van der Waals surface area contributed by atoms with E-state index in [4.69, 9.17) is 14.5 Å². The molecule has 0 aliphatic heterocycles. The largest absolute Gasteiger partial charge is 0.487 e. The number of carbonyl (C=O) groups is 1. The van der Waals surface area contributed by atoms with Crippen molar-refractivity contribution in [1.29, 1.82) is 0 Å². The third-order valence-electron chi connectivity index (χ3n) is 7.76. The fourth-order valence-corrected chi connectivity index (χ4v) is 5.28. The quantitative estimate of drug-likeness (QED) is 0.213. The Bertz CT molecular complexity index is 1520. The normalized spacial score (nSPS) is 13.3. The molecule has 230 valence electrons. The lowest BCUT2D eigenvalue weighted by molar-refractivity contribution is -0.123. The zero-order valence-corrected chi connectivity index (χ0v) is 26.0. The van der Waals surface area contributed by atoms with Gasteiger partial charge < -0.3 is 19.7 Å². The second-order valence-electron chi connectivity index (χ2n) is 11.3. The molecule has 44 heavy (non-hydrogen) atoms. The minimum Gasteiger partial charge on any atom is -0.487 e. The van der Waals surface area contributed by atoms with Gasteiger partial charge in [-0.3, -0.25) is 14.7 Å². The minimum absolute atomic E-state index is 0.0146. The molecule has 3 aromatic heterocycles. The van der Waals surface area contributed by atoms with Gasteiger partial charge in [0.05, 0.1) is 19.3 Å². The molecular formula is C34H41N7O3. The van der Waals surface area contributed by atoms with E-state index in [1.54, 1.807) is 18.2 Å². The van der Waals surface area contributed by atoms with Gasteiger partial charge >= 0.3 is 0 Å². The third-order valence-corrected chi connectivity index (χ3v) is 7.76. The third kappa shape index (κ3) is 8.21. The average molecular weight is 596 g/mol. The second-order valence-corrected chi connectivity index (χ2v) is 11.3. The first-order valence-corrected chi connectivity index (χ1v) is 15.1. The van der Waals surface area contributed by atoms with Gasteiger partial charge in [-0.2, -0.15) is 4.98 Å². The van der Waals surface area contributed by atoms with Crippen LogP contribution in [0.3, 0.4) is 0 Å². The van der Waals surface area contributed by atoms with Gasteiger partial charge in [0, 0.05) is 62.5 Å². The van der Waals surface area contributed by atoms with Crippen molar-refractivity contribution < 1.29 is 14.3 Å². The van der Waals surface area contributed by atoms with Crippen molar-refractivity contribution in [2.45, 2.75) is 58.7 Å². The van der Waals surface area contributed by atoms with Crippen molar-refractivity contribution in [1.82, 2.24) is 19.9 Å². The van der Waals surface area contributed by atoms with Crippen LogP contribution in [0.15, 0.2) is 67.0 Å². The number of rotatable bonds is 12. The van der Waals surface area contributed by atoms with E-state index in [1.165, 1.54) is 6.42 Å². The molecule has 0 bridgehead atoms.